The summed E-state index contributed by atoms with van der Waals surface area (Å²) in [5, 5.41) is 3.78. The maximum Gasteiger partial charge on any atom is 0.234 e. The number of nitrogens with one attached hydrogen (secondary N) is 2. The number of thioether (sulfide) groups is 1. The van der Waals surface area contributed by atoms with E-state index in [-0.39, 0.29) is 11.7 Å². The predicted octanol–water partition coefficient (Wildman–Crippen LogP) is 2.93. The van der Waals surface area contributed by atoms with Gasteiger partial charge in [-0.05, 0) is 18.2 Å². The highest BCUT2D eigenvalue weighted by molar-refractivity contribution is 7.99. The summed E-state index contributed by atoms with van der Waals surface area (Å²) < 4.78 is 5.08. The number of amides is 1. The Morgan fingerprint density at radius 1 is 1.46 bits per heavy atom. The highest BCUT2D eigenvalue weighted by atomic mass is 35.5. The first kappa shape index (κ1) is 16.4. The topological polar surface area (TPSA) is 106 Å². The maximum absolute atomic E-state index is 12.0. The predicted molar refractivity (Wildman–Crippen MR) is 95.7 cm³/mol. The first-order valence-corrected chi connectivity index (χ1v) is 8.29. The number of ether oxygens (including phenoxy) is 1. The molecule has 0 unspecified atom stereocenters. The number of fused-ring (bicyclic) bond motifs is 1. The molecule has 0 atom stereocenters. The summed E-state index contributed by atoms with van der Waals surface area (Å²) in [5.41, 5.74) is 8.37. The second-order valence-electron chi connectivity index (χ2n) is 4.86. The van der Waals surface area contributed by atoms with Gasteiger partial charge in [-0.15, -0.1) is 0 Å². The highest BCUT2D eigenvalue weighted by Crippen LogP contribution is 2.25. The largest absolute Gasteiger partial charge is 0.495 e. The van der Waals surface area contributed by atoms with Crippen LogP contribution in [0.4, 0.5) is 11.4 Å². The molecule has 0 aliphatic rings. The molecule has 0 aliphatic carbocycles. The van der Waals surface area contributed by atoms with Crippen molar-refractivity contribution in [1.29, 1.82) is 0 Å². The number of pyridine rings is 1. The SMILES string of the molecule is COc1ccc(NC(=O)CSc2nc3cc(Cl)ncc3[nH]2)cc1N. The molecule has 0 aliphatic heterocycles. The number of anilines is 2. The molecule has 0 radical (unpaired) electrons. The van der Waals surface area contributed by atoms with Gasteiger partial charge in [0, 0.05) is 11.8 Å². The molecule has 9 heteroatoms. The monoisotopic (exact) mass is 363 g/mol. The third-order valence-electron chi connectivity index (χ3n) is 3.17. The van der Waals surface area contributed by atoms with Crippen molar-refractivity contribution < 1.29 is 9.53 Å². The van der Waals surface area contributed by atoms with E-state index in [2.05, 4.69) is 20.3 Å². The number of carbonyl (C=O) groups excluding carboxylic acids is 1. The summed E-state index contributed by atoms with van der Waals surface area (Å²) in [6.45, 7) is 0. The van der Waals surface area contributed by atoms with Crippen molar-refractivity contribution in [2.24, 2.45) is 0 Å². The molecule has 2 heterocycles. The van der Waals surface area contributed by atoms with Gasteiger partial charge >= 0.3 is 0 Å². The van der Waals surface area contributed by atoms with Crippen LogP contribution in [-0.2, 0) is 4.79 Å². The summed E-state index contributed by atoms with van der Waals surface area (Å²) in [6.07, 6.45) is 1.61. The molecular formula is C15H14ClN5O2S. The number of benzene rings is 1. The molecule has 7 nitrogen and oxygen atoms in total. The summed E-state index contributed by atoms with van der Waals surface area (Å²) in [4.78, 5) is 23.5. The van der Waals surface area contributed by atoms with Crippen LogP contribution in [0.3, 0.4) is 0 Å². The van der Waals surface area contributed by atoms with Crippen LogP contribution in [0.15, 0.2) is 35.6 Å². The van der Waals surface area contributed by atoms with Gasteiger partial charge in [-0.1, -0.05) is 23.4 Å². The number of H-pyrrole nitrogens is 1. The quantitative estimate of drug-likeness (QED) is 0.365. The molecule has 1 amide bonds. The molecule has 4 N–H and O–H groups in total. The Labute approximate surface area is 147 Å². The minimum absolute atomic E-state index is 0.166. The molecule has 0 saturated carbocycles. The molecule has 0 fully saturated rings. The number of carbonyl (C=O) groups is 1. The molecule has 2 aromatic heterocycles. The van der Waals surface area contributed by atoms with E-state index in [1.54, 1.807) is 30.5 Å². The Morgan fingerprint density at radius 3 is 3.04 bits per heavy atom. The fourth-order valence-corrected chi connectivity index (χ4v) is 2.91. The van der Waals surface area contributed by atoms with Gasteiger partial charge in [0.15, 0.2) is 5.16 Å². The van der Waals surface area contributed by atoms with Gasteiger partial charge in [-0.3, -0.25) is 4.79 Å². The fraction of sp³-hybridized carbons (Fsp3) is 0.133. The third-order valence-corrected chi connectivity index (χ3v) is 4.25. The number of imidazole rings is 1. The Bertz CT molecular complexity index is 899. The minimum Gasteiger partial charge on any atom is -0.495 e. The summed E-state index contributed by atoms with van der Waals surface area (Å²) >= 11 is 7.11. The van der Waals surface area contributed by atoms with E-state index in [1.807, 2.05) is 0 Å². The first-order valence-electron chi connectivity index (χ1n) is 6.92. The third kappa shape index (κ3) is 3.72. The number of aromatic amines is 1. The number of methoxy groups -OCH3 is 1. The molecule has 124 valence electrons. The first-order chi connectivity index (χ1) is 11.5. The number of halogens is 1. The number of hydrogen-bond acceptors (Lipinski definition) is 6. The molecule has 1 aromatic carbocycles. The Balaban J connectivity index is 1.61. The van der Waals surface area contributed by atoms with Gasteiger partial charge in [0.2, 0.25) is 5.91 Å². The number of hydrogen-bond donors (Lipinski definition) is 3. The second-order valence-corrected chi connectivity index (χ2v) is 6.21. The van der Waals surface area contributed by atoms with Gasteiger partial charge in [-0.25, -0.2) is 9.97 Å². The van der Waals surface area contributed by atoms with Crippen molar-refractivity contribution in [2.45, 2.75) is 5.16 Å². The Kier molecular flexibility index (Phi) is 4.77. The zero-order valence-corrected chi connectivity index (χ0v) is 14.2. The molecule has 3 aromatic rings. The molecule has 0 bridgehead atoms. The van der Waals surface area contributed by atoms with Crippen molar-refractivity contribution in [3.63, 3.8) is 0 Å². The van der Waals surface area contributed by atoms with Crippen LogP contribution in [0.5, 0.6) is 5.75 Å². The van der Waals surface area contributed by atoms with Crippen LogP contribution in [0.1, 0.15) is 0 Å². The molecule has 0 saturated heterocycles. The maximum atomic E-state index is 12.0. The number of nitrogens with two attached hydrogens (primary N) is 1. The van der Waals surface area contributed by atoms with Gasteiger partial charge in [-0.2, -0.15) is 0 Å². The van der Waals surface area contributed by atoms with E-state index in [9.17, 15) is 4.79 Å². The van der Waals surface area contributed by atoms with E-state index < -0.39 is 0 Å². The lowest BCUT2D eigenvalue weighted by Crippen LogP contribution is -2.14. The lowest BCUT2D eigenvalue weighted by Gasteiger charge is -2.08. The van der Waals surface area contributed by atoms with Crippen LogP contribution >= 0.6 is 23.4 Å². The van der Waals surface area contributed by atoms with Gasteiger partial charge < -0.3 is 20.8 Å². The smallest absolute Gasteiger partial charge is 0.234 e. The lowest BCUT2D eigenvalue weighted by molar-refractivity contribution is -0.113. The number of aromatic nitrogens is 3. The molecular weight excluding hydrogens is 350 g/mol. The minimum atomic E-state index is -0.166. The van der Waals surface area contributed by atoms with Crippen LogP contribution < -0.4 is 15.8 Å². The zero-order valence-electron chi connectivity index (χ0n) is 12.7. The fourth-order valence-electron chi connectivity index (χ4n) is 2.07. The van der Waals surface area contributed by atoms with Crippen LogP contribution in [-0.4, -0.2) is 33.7 Å². The van der Waals surface area contributed by atoms with Gasteiger partial charge in [0.25, 0.3) is 0 Å². The lowest BCUT2D eigenvalue weighted by atomic mass is 10.2. The average Bonchev–Trinajstić information content (AvgIpc) is 2.95. The van der Waals surface area contributed by atoms with E-state index in [0.29, 0.717) is 33.0 Å². The zero-order chi connectivity index (χ0) is 17.1. The highest BCUT2D eigenvalue weighted by Gasteiger charge is 2.09. The van der Waals surface area contributed by atoms with E-state index in [4.69, 9.17) is 22.1 Å². The molecule has 0 spiro atoms. The average molecular weight is 364 g/mol. The summed E-state index contributed by atoms with van der Waals surface area (Å²) in [5.74, 6) is 0.602. The standard InChI is InChI=1S/C15H14ClN5O2S/c1-23-12-3-2-8(4-9(12)17)19-14(22)7-24-15-20-10-5-13(16)18-6-11(10)21-15/h2-6H,7,17H2,1H3,(H,19,22)(H,20,21). The van der Waals surface area contributed by atoms with Crippen molar-refractivity contribution in [3.05, 3.63) is 35.6 Å². The second kappa shape index (κ2) is 6.98. The van der Waals surface area contributed by atoms with Crippen molar-refractivity contribution in [3.8, 4) is 5.75 Å². The van der Waals surface area contributed by atoms with Crippen LogP contribution in [0, 0.1) is 0 Å². The van der Waals surface area contributed by atoms with E-state index >= 15 is 0 Å². The normalized spacial score (nSPS) is 10.8. The van der Waals surface area contributed by atoms with Crippen LogP contribution in [0.25, 0.3) is 11.0 Å². The van der Waals surface area contributed by atoms with E-state index in [1.165, 1.54) is 18.9 Å². The Hall–Kier alpha value is -2.45. The molecule has 3 rings (SSSR count). The number of nitrogens with zero attached hydrogens (tertiary/aromatic N) is 2. The van der Waals surface area contributed by atoms with Crippen molar-refractivity contribution in [1.82, 2.24) is 15.0 Å². The van der Waals surface area contributed by atoms with Gasteiger partial charge in [0.05, 0.1) is 35.8 Å². The summed E-state index contributed by atoms with van der Waals surface area (Å²) in [6, 6.07) is 6.74. The van der Waals surface area contributed by atoms with Crippen molar-refractivity contribution >= 4 is 51.7 Å². The Morgan fingerprint density at radius 2 is 2.29 bits per heavy atom. The molecule has 24 heavy (non-hydrogen) atoms. The van der Waals surface area contributed by atoms with Crippen LogP contribution in [0.2, 0.25) is 5.15 Å². The summed E-state index contributed by atoms with van der Waals surface area (Å²) in [7, 11) is 1.54. The van der Waals surface area contributed by atoms with E-state index in [0.717, 1.165) is 5.52 Å². The number of nitrogen functional groups attached to an aromatic ring is 1. The van der Waals surface area contributed by atoms with Crippen molar-refractivity contribution in [2.75, 3.05) is 23.9 Å². The number of rotatable bonds is 5. The van der Waals surface area contributed by atoms with Gasteiger partial charge in [0.1, 0.15) is 10.9 Å².